The van der Waals surface area contributed by atoms with Crippen LogP contribution in [0.4, 0.5) is 14.5 Å². The molecule has 0 heterocycles. The predicted molar refractivity (Wildman–Crippen MR) is 73.7 cm³/mol. The fraction of sp³-hybridized carbons (Fsp3) is 0.0714. The van der Waals surface area contributed by atoms with E-state index in [1.807, 2.05) is 0 Å². The highest BCUT2D eigenvalue weighted by molar-refractivity contribution is 6.33. The Morgan fingerprint density at radius 3 is 2.60 bits per heavy atom. The minimum atomic E-state index is -0.647. The van der Waals surface area contributed by atoms with Crippen LogP contribution in [0.1, 0.15) is 15.9 Å². The van der Waals surface area contributed by atoms with E-state index in [2.05, 4.69) is 5.32 Å². The van der Waals surface area contributed by atoms with E-state index in [0.29, 0.717) is 11.3 Å². The molecule has 3 N–H and O–H groups in total. The molecule has 1 amide bonds. The second-order valence-electron chi connectivity index (χ2n) is 4.15. The molecule has 0 unspecified atom stereocenters. The van der Waals surface area contributed by atoms with Crippen molar-refractivity contribution in [2.24, 2.45) is 5.73 Å². The average Bonchev–Trinajstić information content (AvgIpc) is 2.39. The van der Waals surface area contributed by atoms with Gasteiger partial charge in [0.25, 0.3) is 0 Å². The van der Waals surface area contributed by atoms with Crippen LogP contribution in [0.15, 0.2) is 36.4 Å². The van der Waals surface area contributed by atoms with Gasteiger partial charge in [0.05, 0.1) is 10.6 Å². The number of nitrogens with two attached hydrogens (primary N) is 1. The van der Waals surface area contributed by atoms with Crippen LogP contribution in [0, 0.1) is 11.6 Å². The highest BCUT2D eigenvalue weighted by Gasteiger charge is 2.08. The van der Waals surface area contributed by atoms with E-state index < -0.39 is 17.5 Å². The van der Waals surface area contributed by atoms with Crippen LogP contribution in [-0.4, -0.2) is 5.91 Å². The van der Waals surface area contributed by atoms with Crippen LogP contribution in [0.25, 0.3) is 0 Å². The Kier molecular flexibility index (Phi) is 4.20. The van der Waals surface area contributed by atoms with Crippen LogP contribution in [-0.2, 0) is 6.54 Å². The molecule has 0 saturated carbocycles. The van der Waals surface area contributed by atoms with Crippen molar-refractivity contribution in [3.05, 3.63) is 64.2 Å². The van der Waals surface area contributed by atoms with Crippen molar-refractivity contribution in [1.29, 1.82) is 0 Å². The quantitative estimate of drug-likeness (QED) is 0.909. The Morgan fingerprint density at radius 2 is 1.95 bits per heavy atom. The lowest BCUT2D eigenvalue weighted by Crippen LogP contribution is -2.12. The van der Waals surface area contributed by atoms with E-state index in [1.54, 1.807) is 6.07 Å². The first-order chi connectivity index (χ1) is 9.47. The number of nitrogens with one attached hydrogen (secondary N) is 1. The van der Waals surface area contributed by atoms with Crippen LogP contribution in [0.3, 0.4) is 0 Å². The maximum atomic E-state index is 13.4. The van der Waals surface area contributed by atoms with Gasteiger partial charge in [-0.3, -0.25) is 4.79 Å². The molecule has 0 aromatic heterocycles. The van der Waals surface area contributed by atoms with Gasteiger partial charge in [0.2, 0.25) is 5.91 Å². The summed E-state index contributed by atoms with van der Waals surface area (Å²) in [5.41, 5.74) is 6.23. The van der Waals surface area contributed by atoms with Crippen molar-refractivity contribution in [2.45, 2.75) is 6.54 Å². The number of halogens is 3. The summed E-state index contributed by atoms with van der Waals surface area (Å²) in [6.07, 6.45) is 0. The maximum absolute atomic E-state index is 13.4. The Morgan fingerprint density at radius 1 is 1.20 bits per heavy atom. The molecule has 20 heavy (non-hydrogen) atoms. The molecule has 0 saturated heterocycles. The fourth-order valence-electron chi connectivity index (χ4n) is 1.69. The summed E-state index contributed by atoms with van der Waals surface area (Å²) in [6, 6.07) is 7.97. The van der Waals surface area contributed by atoms with E-state index in [-0.39, 0.29) is 17.1 Å². The molecular weight excluding hydrogens is 286 g/mol. The number of hydrogen-bond donors (Lipinski definition) is 2. The minimum absolute atomic E-state index is 0.145. The van der Waals surface area contributed by atoms with E-state index in [9.17, 15) is 13.6 Å². The molecule has 2 aromatic rings. The van der Waals surface area contributed by atoms with Crippen molar-refractivity contribution in [2.75, 3.05) is 5.32 Å². The zero-order valence-corrected chi connectivity index (χ0v) is 11.0. The number of rotatable bonds is 4. The summed E-state index contributed by atoms with van der Waals surface area (Å²) in [5.74, 6) is -1.91. The number of hydrogen-bond acceptors (Lipinski definition) is 2. The van der Waals surface area contributed by atoms with Gasteiger partial charge < -0.3 is 11.1 Å². The van der Waals surface area contributed by atoms with E-state index in [0.717, 1.165) is 6.07 Å². The number of carbonyl (C=O) groups is 1. The number of benzene rings is 2. The van der Waals surface area contributed by atoms with Crippen LogP contribution < -0.4 is 11.1 Å². The Bertz CT molecular complexity index is 662. The summed E-state index contributed by atoms with van der Waals surface area (Å²) in [6.45, 7) is 0.145. The molecule has 3 nitrogen and oxygen atoms in total. The normalized spacial score (nSPS) is 10.3. The molecule has 0 radical (unpaired) electrons. The zero-order valence-electron chi connectivity index (χ0n) is 10.3. The SMILES string of the molecule is NC(=O)c1cc(NCc2ccc(F)cc2F)ccc1Cl. The molecule has 0 atom stereocenters. The third-order valence-electron chi connectivity index (χ3n) is 2.73. The van der Waals surface area contributed by atoms with Crippen LogP contribution in [0.2, 0.25) is 5.02 Å². The Hall–Kier alpha value is -2.14. The second-order valence-corrected chi connectivity index (χ2v) is 4.56. The van der Waals surface area contributed by atoms with E-state index in [1.165, 1.54) is 24.3 Å². The molecule has 104 valence electrons. The summed E-state index contributed by atoms with van der Waals surface area (Å²) in [5, 5.41) is 3.16. The molecule has 2 aromatic carbocycles. The molecule has 0 aliphatic rings. The number of amides is 1. The molecule has 0 fully saturated rings. The van der Waals surface area contributed by atoms with E-state index >= 15 is 0 Å². The average molecular weight is 297 g/mol. The summed E-state index contributed by atoms with van der Waals surface area (Å²) >= 11 is 5.82. The lowest BCUT2D eigenvalue weighted by molar-refractivity contribution is 0.100. The maximum Gasteiger partial charge on any atom is 0.250 e. The van der Waals surface area contributed by atoms with Gasteiger partial charge in [-0.05, 0) is 24.3 Å². The zero-order chi connectivity index (χ0) is 14.7. The minimum Gasteiger partial charge on any atom is -0.381 e. The lowest BCUT2D eigenvalue weighted by Gasteiger charge is -2.09. The molecule has 6 heteroatoms. The van der Waals surface area contributed by atoms with E-state index in [4.69, 9.17) is 17.3 Å². The fourth-order valence-corrected chi connectivity index (χ4v) is 1.90. The van der Waals surface area contributed by atoms with Crippen molar-refractivity contribution in [1.82, 2.24) is 0 Å². The van der Waals surface area contributed by atoms with Crippen molar-refractivity contribution in [3.8, 4) is 0 Å². The van der Waals surface area contributed by atoms with Crippen LogP contribution >= 0.6 is 11.6 Å². The summed E-state index contributed by atoms with van der Waals surface area (Å²) in [4.78, 5) is 11.1. The van der Waals surface area contributed by atoms with Gasteiger partial charge in [0.1, 0.15) is 11.6 Å². The highest BCUT2D eigenvalue weighted by atomic mass is 35.5. The van der Waals surface area contributed by atoms with Gasteiger partial charge in [-0.2, -0.15) is 0 Å². The third-order valence-corrected chi connectivity index (χ3v) is 3.06. The van der Waals surface area contributed by atoms with Gasteiger partial charge >= 0.3 is 0 Å². The molecular formula is C14H11ClF2N2O. The largest absolute Gasteiger partial charge is 0.381 e. The van der Waals surface area contributed by atoms with Crippen LogP contribution in [0.5, 0.6) is 0 Å². The van der Waals surface area contributed by atoms with Crippen molar-refractivity contribution < 1.29 is 13.6 Å². The molecule has 2 rings (SSSR count). The first-order valence-electron chi connectivity index (χ1n) is 5.74. The second kappa shape index (κ2) is 5.88. The van der Waals surface area contributed by atoms with Gasteiger partial charge in [0.15, 0.2) is 0 Å². The standard InChI is InChI=1S/C14H11ClF2N2O/c15-12-4-3-10(6-11(12)14(18)20)19-7-8-1-2-9(16)5-13(8)17/h1-6,19H,7H2,(H2,18,20). The number of carbonyl (C=O) groups excluding carboxylic acids is 1. The number of anilines is 1. The van der Waals surface area contributed by atoms with Crippen molar-refractivity contribution >= 4 is 23.2 Å². The van der Waals surface area contributed by atoms with Gasteiger partial charge in [-0.15, -0.1) is 0 Å². The third kappa shape index (κ3) is 3.24. The topological polar surface area (TPSA) is 55.1 Å². The van der Waals surface area contributed by atoms with Gasteiger partial charge in [0, 0.05) is 23.9 Å². The summed E-state index contributed by atoms with van der Waals surface area (Å²) in [7, 11) is 0. The first-order valence-corrected chi connectivity index (χ1v) is 6.12. The predicted octanol–water partition coefficient (Wildman–Crippen LogP) is 3.33. The monoisotopic (exact) mass is 296 g/mol. The van der Waals surface area contributed by atoms with Crippen molar-refractivity contribution in [3.63, 3.8) is 0 Å². The molecule has 0 aliphatic carbocycles. The molecule has 0 spiro atoms. The highest BCUT2D eigenvalue weighted by Crippen LogP contribution is 2.21. The smallest absolute Gasteiger partial charge is 0.250 e. The van der Waals surface area contributed by atoms with Gasteiger partial charge in [-0.1, -0.05) is 17.7 Å². The lowest BCUT2D eigenvalue weighted by atomic mass is 10.1. The Labute approximate surface area is 119 Å². The number of primary amides is 1. The van der Waals surface area contributed by atoms with Gasteiger partial charge in [-0.25, -0.2) is 8.78 Å². The Balaban J connectivity index is 2.15. The molecule has 0 aliphatic heterocycles. The summed E-state index contributed by atoms with van der Waals surface area (Å²) < 4.78 is 26.2. The molecule has 0 bridgehead atoms. The first kappa shape index (κ1) is 14.3.